The Morgan fingerprint density at radius 2 is 2.24 bits per heavy atom. The molecule has 0 aromatic carbocycles. The van der Waals surface area contributed by atoms with Crippen LogP contribution >= 0.6 is 11.6 Å². The first-order valence-corrected chi connectivity index (χ1v) is 5.59. The Morgan fingerprint density at radius 1 is 1.53 bits per heavy atom. The highest BCUT2D eigenvalue weighted by molar-refractivity contribution is 6.65. The van der Waals surface area contributed by atoms with Crippen molar-refractivity contribution >= 4 is 35.3 Å². The molecule has 0 N–H and O–H groups in total. The van der Waals surface area contributed by atoms with Crippen molar-refractivity contribution < 1.29 is 4.79 Å². The molecule has 0 aliphatic carbocycles. The van der Waals surface area contributed by atoms with Crippen molar-refractivity contribution in [1.29, 1.82) is 0 Å². The third-order valence-electron chi connectivity index (χ3n) is 2.81. The van der Waals surface area contributed by atoms with Gasteiger partial charge in [0.1, 0.15) is 11.5 Å². The van der Waals surface area contributed by atoms with E-state index in [1.807, 2.05) is 17.6 Å². The minimum Gasteiger partial charge on any atom is -0.339 e. The van der Waals surface area contributed by atoms with Crippen molar-refractivity contribution in [2.24, 2.45) is 9.98 Å². The topological polar surface area (TPSA) is 50.0 Å². The maximum atomic E-state index is 11.9. The zero-order valence-corrected chi connectivity index (χ0v) is 10.5. The van der Waals surface area contributed by atoms with E-state index in [1.54, 1.807) is 11.9 Å². The molecule has 1 aromatic heterocycles. The molecule has 5 nitrogen and oxygen atoms in total. The fraction of sp³-hybridized carbons (Fsp3) is 0.364. The lowest BCUT2D eigenvalue weighted by atomic mass is 10.3. The van der Waals surface area contributed by atoms with Crippen molar-refractivity contribution in [2.75, 3.05) is 13.6 Å². The number of hydrogen-bond acceptors (Lipinski definition) is 2. The van der Waals surface area contributed by atoms with Crippen molar-refractivity contribution in [1.82, 2.24) is 9.47 Å². The first kappa shape index (κ1) is 11.9. The zero-order chi connectivity index (χ0) is 12.6. The summed E-state index contributed by atoms with van der Waals surface area (Å²) in [5.74, 6) is 0.683. The van der Waals surface area contributed by atoms with Gasteiger partial charge >= 0.3 is 0 Å². The molecule has 2 rings (SSSR count). The van der Waals surface area contributed by atoms with Gasteiger partial charge in [0.2, 0.25) is 5.29 Å². The standard InChI is InChI=1S/C11H13ClN4O/c1-7-6-8-10(17)15(3)4-5-16(8)9(7)14-11(12)13-2/h6H,2,4-5H2,1,3H3/b14-11-. The monoisotopic (exact) mass is 252 g/mol. The van der Waals surface area contributed by atoms with E-state index in [-0.39, 0.29) is 11.2 Å². The fourth-order valence-corrected chi connectivity index (χ4v) is 1.98. The number of amides is 1. The minimum atomic E-state index is 0.00323. The molecule has 0 unspecified atom stereocenters. The Hall–Kier alpha value is -1.62. The smallest absolute Gasteiger partial charge is 0.270 e. The first-order chi connectivity index (χ1) is 8.04. The highest BCUT2D eigenvalue weighted by atomic mass is 35.5. The Balaban J connectivity index is 2.53. The second kappa shape index (κ2) is 4.33. The molecule has 0 spiro atoms. The molecule has 0 saturated heterocycles. The summed E-state index contributed by atoms with van der Waals surface area (Å²) in [4.78, 5) is 21.3. The molecule has 1 aliphatic rings. The second-order valence-electron chi connectivity index (χ2n) is 3.95. The largest absolute Gasteiger partial charge is 0.339 e. The SMILES string of the molecule is C=N/C(Cl)=N\c1c(C)cc2n1CCN(C)C2=O. The van der Waals surface area contributed by atoms with Crippen LogP contribution in [0.4, 0.5) is 5.82 Å². The molecule has 0 fully saturated rings. The van der Waals surface area contributed by atoms with E-state index in [2.05, 4.69) is 16.7 Å². The quantitative estimate of drug-likeness (QED) is 0.427. The van der Waals surface area contributed by atoms with Gasteiger partial charge in [-0.15, -0.1) is 0 Å². The summed E-state index contributed by atoms with van der Waals surface area (Å²) in [5, 5.41) is 0.0837. The van der Waals surface area contributed by atoms with Crippen LogP contribution in [-0.4, -0.2) is 41.0 Å². The number of rotatable bonds is 1. The molecule has 2 heterocycles. The lowest BCUT2D eigenvalue weighted by Gasteiger charge is -2.24. The van der Waals surface area contributed by atoms with E-state index >= 15 is 0 Å². The predicted octanol–water partition coefficient (Wildman–Crippen LogP) is 1.81. The number of aliphatic imine (C=N–C) groups is 2. The van der Waals surface area contributed by atoms with Crippen LogP contribution in [0, 0.1) is 6.92 Å². The maximum absolute atomic E-state index is 11.9. The summed E-state index contributed by atoms with van der Waals surface area (Å²) >= 11 is 5.75. The molecule has 0 saturated carbocycles. The van der Waals surface area contributed by atoms with Crippen LogP contribution in [0.2, 0.25) is 0 Å². The average Bonchev–Trinajstić information content (AvgIpc) is 2.62. The molecule has 6 heteroatoms. The van der Waals surface area contributed by atoms with E-state index in [1.165, 1.54) is 0 Å². The Labute approximate surface area is 104 Å². The summed E-state index contributed by atoms with van der Waals surface area (Å²) in [6, 6.07) is 1.82. The lowest BCUT2D eigenvalue weighted by Crippen LogP contribution is -2.36. The highest BCUT2D eigenvalue weighted by Crippen LogP contribution is 2.27. The van der Waals surface area contributed by atoms with Gasteiger partial charge in [0, 0.05) is 20.1 Å². The van der Waals surface area contributed by atoms with Crippen molar-refractivity contribution in [3.05, 3.63) is 17.3 Å². The summed E-state index contributed by atoms with van der Waals surface area (Å²) in [6.07, 6.45) is 0. The molecular weight excluding hydrogens is 240 g/mol. The number of likely N-dealkylation sites (N-methyl/N-ethyl adjacent to an activating group) is 1. The molecule has 1 aromatic rings. The van der Waals surface area contributed by atoms with Gasteiger partial charge in [-0.05, 0) is 36.9 Å². The van der Waals surface area contributed by atoms with Gasteiger partial charge < -0.3 is 9.47 Å². The Morgan fingerprint density at radius 3 is 2.88 bits per heavy atom. The van der Waals surface area contributed by atoms with Gasteiger partial charge in [-0.2, -0.15) is 0 Å². The van der Waals surface area contributed by atoms with Crippen LogP contribution in [0.3, 0.4) is 0 Å². The minimum absolute atomic E-state index is 0.00323. The van der Waals surface area contributed by atoms with Gasteiger partial charge in [-0.3, -0.25) is 4.79 Å². The van der Waals surface area contributed by atoms with Crippen LogP contribution in [-0.2, 0) is 6.54 Å². The van der Waals surface area contributed by atoms with Crippen LogP contribution in [0.25, 0.3) is 0 Å². The van der Waals surface area contributed by atoms with Gasteiger partial charge in [0.05, 0.1) is 0 Å². The summed E-state index contributed by atoms with van der Waals surface area (Å²) < 4.78 is 1.87. The van der Waals surface area contributed by atoms with Gasteiger partial charge in [0.25, 0.3) is 5.91 Å². The van der Waals surface area contributed by atoms with Crippen LogP contribution in [0.15, 0.2) is 16.1 Å². The Kier molecular flexibility index (Phi) is 3.02. The van der Waals surface area contributed by atoms with E-state index < -0.39 is 0 Å². The Bertz CT molecular complexity index is 518. The number of carbonyl (C=O) groups is 1. The number of fused-ring (bicyclic) bond motifs is 1. The van der Waals surface area contributed by atoms with Gasteiger partial charge in [-0.1, -0.05) is 0 Å². The van der Waals surface area contributed by atoms with Gasteiger partial charge in [0.15, 0.2) is 0 Å². The molecule has 90 valence electrons. The van der Waals surface area contributed by atoms with Crippen LogP contribution in [0.5, 0.6) is 0 Å². The first-order valence-electron chi connectivity index (χ1n) is 5.21. The molecule has 0 atom stereocenters. The number of halogens is 1. The molecular formula is C11H13ClN4O. The van der Waals surface area contributed by atoms with E-state index in [0.29, 0.717) is 24.6 Å². The number of aryl methyl sites for hydroxylation is 1. The molecule has 1 aliphatic heterocycles. The normalized spacial score (nSPS) is 16.1. The number of nitrogens with zero attached hydrogens (tertiary/aromatic N) is 4. The number of aromatic nitrogens is 1. The van der Waals surface area contributed by atoms with E-state index in [4.69, 9.17) is 11.6 Å². The van der Waals surface area contributed by atoms with Crippen LogP contribution in [0.1, 0.15) is 16.1 Å². The van der Waals surface area contributed by atoms with E-state index in [9.17, 15) is 4.79 Å². The number of amidine groups is 1. The lowest BCUT2D eigenvalue weighted by molar-refractivity contribution is 0.0750. The average molecular weight is 253 g/mol. The summed E-state index contributed by atoms with van der Waals surface area (Å²) in [7, 11) is 1.79. The second-order valence-corrected chi connectivity index (χ2v) is 4.29. The van der Waals surface area contributed by atoms with E-state index in [0.717, 1.165) is 5.56 Å². The molecule has 17 heavy (non-hydrogen) atoms. The third-order valence-corrected chi connectivity index (χ3v) is 3.01. The maximum Gasteiger partial charge on any atom is 0.270 e. The summed E-state index contributed by atoms with van der Waals surface area (Å²) in [6.45, 7) is 6.59. The predicted molar refractivity (Wildman–Crippen MR) is 68.6 cm³/mol. The molecule has 0 bridgehead atoms. The number of carbonyl (C=O) groups excluding carboxylic acids is 1. The number of hydrogen-bond donors (Lipinski definition) is 0. The molecule has 1 amide bonds. The molecule has 0 radical (unpaired) electrons. The third kappa shape index (κ3) is 1.98. The fourth-order valence-electron chi connectivity index (χ4n) is 1.90. The van der Waals surface area contributed by atoms with Crippen LogP contribution < -0.4 is 0 Å². The van der Waals surface area contributed by atoms with Crippen molar-refractivity contribution in [2.45, 2.75) is 13.5 Å². The van der Waals surface area contributed by atoms with Gasteiger partial charge in [-0.25, -0.2) is 9.98 Å². The highest BCUT2D eigenvalue weighted by Gasteiger charge is 2.25. The van der Waals surface area contributed by atoms with Crippen molar-refractivity contribution in [3.8, 4) is 0 Å². The van der Waals surface area contributed by atoms with Crippen molar-refractivity contribution in [3.63, 3.8) is 0 Å². The zero-order valence-electron chi connectivity index (χ0n) is 9.77. The summed E-state index contributed by atoms with van der Waals surface area (Å²) in [5.41, 5.74) is 1.55.